The van der Waals surface area contributed by atoms with Crippen molar-refractivity contribution >= 4 is 34.9 Å². The van der Waals surface area contributed by atoms with Crippen LogP contribution in [-0.2, 0) is 4.79 Å². The Morgan fingerprint density at radius 3 is 2.20 bits per heavy atom. The lowest BCUT2D eigenvalue weighted by Gasteiger charge is -2.43. The highest BCUT2D eigenvalue weighted by Crippen LogP contribution is 2.36. The lowest BCUT2D eigenvalue weighted by atomic mass is 9.81. The van der Waals surface area contributed by atoms with E-state index in [0.29, 0.717) is 46.9 Å². The number of hydrogen-bond acceptors (Lipinski definition) is 7. The molecular formula is C34H44Cl2N6O2. The fourth-order valence-electron chi connectivity index (χ4n) is 6.83. The number of methoxy groups -OCH3 is 1. The Morgan fingerprint density at radius 2 is 1.59 bits per heavy atom. The van der Waals surface area contributed by atoms with Crippen molar-refractivity contribution in [1.82, 2.24) is 25.0 Å². The van der Waals surface area contributed by atoms with E-state index in [1.165, 1.54) is 31.2 Å². The topological polar surface area (TPSA) is 74.7 Å². The summed E-state index contributed by atoms with van der Waals surface area (Å²) in [6.45, 7) is 8.92. The quantitative estimate of drug-likeness (QED) is 0.289. The molecule has 236 valence electrons. The summed E-state index contributed by atoms with van der Waals surface area (Å²) in [7, 11) is 1.65. The molecule has 1 saturated carbocycles. The molecule has 6 rings (SSSR count). The number of nitrogens with zero attached hydrogens (tertiary/aromatic N) is 6. The Hall–Kier alpha value is -2.94. The van der Waals surface area contributed by atoms with Gasteiger partial charge in [-0.2, -0.15) is 0 Å². The number of piperidine rings is 1. The molecule has 0 N–H and O–H groups in total. The van der Waals surface area contributed by atoms with Crippen LogP contribution in [0.1, 0.15) is 63.9 Å². The third-order valence-corrected chi connectivity index (χ3v) is 9.62. The molecule has 44 heavy (non-hydrogen) atoms. The number of aromatic nitrogens is 3. The van der Waals surface area contributed by atoms with Crippen molar-refractivity contribution in [1.29, 1.82) is 0 Å². The van der Waals surface area contributed by atoms with Crippen molar-refractivity contribution in [3.05, 3.63) is 64.3 Å². The molecular weight excluding hydrogens is 595 g/mol. The zero-order valence-electron chi connectivity index (χ0n) is 26.1. The largest absolute Gasteiger partial charge is 0.481 e. The monoisotopic (exact) mass is 638 g/mol. The molecule has 1 atom stereocenters. The van der Waals surface area contributed by atoms with Crippen molar-refractivity contribution < 1.29 is 9.53 Å². The Balaban J connectivity index is 0.00000188. The van der Waals surface area contributed by atoms with Gasteiger partial charge in [-0.15, -0.1) is 10.2 Å². The van der Waals surface area contributed by atoms with Gasteiger partial charge in [-0.3, -0.25) is 9.69 Å². The first kappa shape index (κ1) is 32.5. The number of anilines is 1. The van der Waals surface area contributed by atoms with E-state index in [9.17, 15) is 4.79 Å². The molecule has 1 aliphatic carbocycles. The van der Waals surface area contributed by atoms with Crippen LogP contribution in [-0.4, -0.2) is 83.3 Å². The van der Waals surface area contributed by atoms with Gasteiger partial charge in [-0.1, -0.05) is 43.1 Å². The maximum absolute atomic E-state index is 13.6. The van der Waals surface area contributed by atoms with Crippen LogP contribution in [0.4, 0.5) is 5.82 Å². The first-order chi connectivity index (χ1) is 21.5. The van der Waals surface area contributed by atoms with Crippen molar-refractivity contribution in [2.45, 2.75) is 64.3 Å². The van der Waals surface area contributed by atoms with Crippen LogP contribution >= 0.6 is 23.2 Å². The molecule has 1 amide bonds. The molecule has 3 fully saturated rings. The fraction of sp³-hybridized carbons (Fsp3) is 0.529. The maximum Gasteiger partial charge on any atom is 0.227 e. The van der Waals surface area contributed by atoms with Gasteiger partial charge in [0, 0.05) is 66.6 Å². The number of amides is 1. The minimum atomic E-state index is 0.0948. The molecule has 4 heterocycles. The van der Waals surface area contributed by atoms with E-state index in [1.807, 2.05) is 50.4 Å². The summed E-state index contributed by atoms with van der Waals surface area (Å²) < 4.78 is 5.21. The van der Waals surface area contributed by atoms with Crippen molar-refractivity contribution in [3.63, 3.8) is 0 Å². The van der Waals surface area contributed by atoms with Gasteiger partial charge in [0.05, 0.1) is 18.7 Å². The molecule has 3 aromatic rings. The summed E-state index contributed by atoms with van der Waals surface area (Å²) in [5, 5.41) is 10.0. The van der Waals surface area contributed by atoms with Crippen LogP contribution in [0, 0.1) is 5.92 Å². The Kier molecular flexibility index (Phi) is 11.3. The maximum atomic E-state index is 13.6. The van der Waals surface area contributed by atoms with E-state index in [0.717, 1.165) is 56.1 Å². The van der Waals surface area contributed by atoms with Gasteiger partial charge in [0.1, 0.15) is 0 Å². The van der Waals surface area contributed by atoms with Crippen LogP contribution in [0.3, 0.4) is 0 Å². The predicted octanol–water partition coefficient (Wildman–Crippen LogP) is 6.97. The van der Waals surface area contributed by atoms with Crippen LogP contribution in [0.5, 0.6) is 5.88 Å². The van der Waals surface area contributed by atoms with E-state index in [2.05, 4.69) is 35.9 Å². The number of rotatable bonds is 6. The van der Waals surface area contributed by atoms with Gasteiger partial charge in [0.15, 0.2) is 5.82 Å². The molecule has 3 aliphatic rings. The second-order valence-electron chi connectivity index (χ2n) is 11.7. The normalized spacial score (nSPS) is 22.6. The van der Waals surface area contributed by atoms with E-state index in [1.54, 1.807) is 13.2 Å². The third-order valence-electron chi connectivity index (χ3n) is 9.18. The second kappa shape index (κ2) is 15.4. The van der Waals surface area contributed by atoms with E-state index >= 15 is 0 Å². The Bertz CT molecular complexity index is 1340. The molecule has 2 aromatic heterocycles. The average molecular weight is 640 g/mol. The molecule has 2 saturated heterocycles. The summed E-state index contributed by atoms with van der Waals surface area (Å²) in [5.74, 6) is 2.47. The number of halogens is 2. The predicted molar refractivity (Wildman–Crippen MR) is 178 cm³/mol. The van der Waals surface area contributed by atoms with Crippen LogP contribution in [0.2, 0.25) is 10.0 Å². The van der Waals surface area contributed by atoms with Crippen LogP contribution in [0.25, 0.3) is 11.3 Å². The Labute approximate surface area is 271 Å². The molecule has 0 bridgehead atoms. The molecule has 2 aliphatic heterocycles. The van der Waals surface area contributed by atoms with Crippen LogP contribution < -0.4 is 9.64 Å². The van der Waals surface area contributed by atoms with Gasteiger partial charge in [-0.05, 0) is 86.9 Å². The Morgan fingerprint density at radius 1 is 0.864 bits per heavy atom. The van der Waals surface area contributed by atoms with Gasteiger partial charge in [0.2, 0.25) is 11.8 Å². The highest BCUT2D eigenvalue weighted by atomic mass is 35.5. The summed E-state index contributed by atoms with van der Waals surface area (Å²) in [6, 6.07) is 14.0. The number of ether oxygens (including phenoxy) is 1. The summed E-state index contributed by atoms with van der Waals surface area (Å²) in [6.07, 6.45) is 8.76. The third kappa shape index (κ3) is 7.82. The molecule has 10 heteroatoms. The number of pyridine rings is 1. The zero-order chi connectivity index (χ0) is 31.1. The van der Waals surface area contributed by atoms with Gasteiger partial charge < -0.3 is 14.5 Å². The number of hydrogen-bond donors (Lipinski definition) is 0. The lowest BCUT2D eigenvalue weighted by molar-refractivity contribution is -0.138. The molecule has 0 spiro atoms. The first-order valence-corrected chi connectivity index (χ1v) is 16.8. The number of piperazine rings is 1. The zero-order valence-corrected chi connectivity index (χ0v) is 27.6. The second-order valence-corrected chi connectivity index (χ2v) is 12.6. The number of likely N-dealkylation sites (tertiary alicyclic amines) is 1. The smallest absolute Gasteiger partial charge is 0.227 e. The van der Waals surface area contributed by atoms with Crippen molar-refractivity contribution in [2.24, 2.45) is 5.92 Å². The number of carbonyl (C=O) groups is 1. The van der Waals surface area contributed by atoms with Crippen LogP contribution in [0.15, 0.2) is 48.7 Å². The van der Waals surface area contributed by atoms with Crippen molar-refractivity contribution in [3.8, 4) is 17.1 Å². The molecule has 1 aromatic carbocycles. The summed E-state index contributed by atoms with van der Waals surface area (Å²) in [5.41, 5.74) is 2.88. The average Bonchev–Trinajstić information content (AvgIpc) is 3.09. The van der Waals surface area contributed by atoms with Gasteiger partial charge >= 0.3 is 0 Å². The van der Waals surface area contributed by atoms with E-state index in [-0.39, 0.29) is 5.92 Å². The summed E-state index contributed by atoms with van der Waals surface area (Å²) >= 11 is 12.3. The minimum Gasteiger partial charge on any atom is -0.481 e. The molecule has 0 radical (unpaired) electrons. The highest BCUT2D eigenvalue weighted by Gasteiger charge is 2.35. The van der Waals surface area contributed by atoms with E-state index in [4.69, 9.17) is 27.9 Å². The van der Waals surface area contributed by atoms with Gasteiger partial charge in [0.25, 0.3) is 0 Å². The molecule has 1 unspecified atom stereocenters. The van der Waals surface area contributed by atoms with E-state index < -0.39 is 0 Å². The fourth-order valence-corrected chi connectivity index (χ4v) is 7.36. The van der Waals surface area contributed by atoms with Crippen molar-refractivity contribution in [2.75, 3.05) is 51.3 Å². The minimum absolute atomic E-state index is 0.0948. The first-order valence-electron chi connectivity index (χ1n) is 16.0. The standard InChI is InChI=1S/C32H38Cl2N6O2.C2H6/c1-42-31-11-6-23(20-35-31)22-4-7-28(8-5-22)40-12-2-3-24(21-40)32(41)39-15-13-38(14-16-39)30-10-9-29(36-37-30)25-17-26(33)19-27(34)18-25;1-2/h6,9-11,17-20,22,24,28H,2-5,7-8,12-16,21H2,1H3;1-2H3. The lowest BCUT2D eigenvalue weighted by Crippen LogP contribution is -2.53. The number of carbonyl (C=O) groups excluding carboxylic acids is 1. The summed E-state index contributed by atoms with van der Waals surface area (Å²) in [4.78, 5) is 24.9. The molecule has 8 nitrogen and oxygen atoms in total. The number of benzene rings is 1. The SMILES string of the molecule is CC.COc1ccc(C2CCC(N3CCCC(C(=O)N4CCN(c5ccc(-c6cc(Cl)cc(Cl)c6)nn5)CC4)C3)CC2)cn1. The highest BCUT2D eigenvalue weighted by molar-refractivity contribution is 6.35. The van der Waals surface area contributed by atoms with Gasteiger partial charge in [-0.25, -0.2) is 4.98 Å².